The number of rotatable bonds is 3. The van der Waals surface area contributed by atoms with Crippen LogP contribution in [0.4, 0.5) is 8.78 Å². The van der Waals surface area contributed by atoms with Crippen molar-refractivity contribution in [3.05, 3.63) is 40.4 Å². The van der Waals surface area contributed by atoms with Gasteiger partial charge in [-0.1, -0.05) is 13.0 Å². The van der Waals surface area contributed by atoms with Crippen LogP contribution < -0.4 is 5.73 Å². The molecule has 0 radical (unpaired) electrons. The van der Waals surface area contributed by atoms with E-state index in [0.29, 0.717) is 17.0 Å². The molecular weight excluding hydrogens is 256 g/mol. The van der Waals surface area contributed by atoms with E-state index in [2.05, 4.69) is 4.98 Å². The van der Waals surface area contributed by atoms with Gasteiger partial charge >= 0.3 is 0 Å². The van der Waals surface area contributed by atoms with Crippen molar-refractivity contribution in [1.29, 1.82) is 5.41 Å². The smallest absolute Gasteiger partial charge is 0.136 e. The number of halogens is 2. The van der Waals surface area contributed by atoms with E-state index in [0.717, 1.165) is 11.3 Å². The number of aryl methyl sites for hydroxylation is 1. The summed E-state index contributed by atoms with van der Waals surface area (Å²) in [6.07, 6.45) is 0.557. The second-order valence-corrected chi connectivity index (χ2v) is 4.66. The zero-order valence-electron chi connectivity index (χ0n) is 9.63. The summed E-state index contributed by atoms with van der Waals surface area (Å²) in [7, 11) is 0. The molecule has 0 fully saturated rings. The Balaban J connectivity index is 2.62. The minimum absolute atomic E-state index is 0.132. The van der Waals surface area contributed by atoms with Crippen LogP contribution >= 0.6 is 11.3 Å². The summed E-state index contributed by atoms with van der Waals surface area (Å²) in [5.41, 5.74) is 5.85. The van der Waals surface area contributed by atoms with E-state index in [9.17, 15) is 8.78 Å². The molecule has 1 heterocycles. The molecule has 0 aliphatic rings. The average molecular weight is 267 g/mol. The van der Waals surface area contributed by atoms with Crippen molar-refractivity contribution in [1.82, 2.24) is 4.98 Å². The lowest BCUT2D eigenvalue weighted by Gasteiger charge is -1.99. The third-order valence-corrected chi connectivity index (χ3v) is 3.60. The van der Waals surface area contributed by atoms with E-state index in [-0.39, 0.29) is 16.4 Å². The Hall–Kier alpha value is -1.82. The molecule has 0 atom stereocenters. The van der Waals surface area contributed by atoms with E-state index in [4.69, 9.17) is 11.1 Å². The van der Waals surface area contributed by atoms with Gasteiger partial charge in [-0.2, -0.15) is 0 Å². The van der Waals surface area contributed by atoms with Crippen LogP contribution in [-0.4, -0.2) is 10.8 Å². The number of hydrogen-bond acceptors (Lipinski definition) is 3. The fraction of sp³-hybridized carbons (Fsp3) is 0.167. The average Bonchev–Trinajstić information content (AvgIpc) is 2.73. The fourth-order valence-corrected chi connectivity index (χ4v) is 2.67. The third kappa shape index (κ3) is 2.11. The number of hydrogen-bond donors (Lipinski definition) is 2. The Morgan fingerprint density at radius 1 is 1.39 bits per heavy atom. The Bertz CT molecular complexity index is 587. The third-order valence-electron chi connectivity index (χ3n) is 2.45. The highest BCUT2D eigenvalue weighted by atomic mass is 32.1. The first-order valence-electron chi connectivity index (χ1n) is 5.33. The fourth-order valence-electron chi connectivity index (χ4n) is 1.61. The summed E-state index contributed by atoms with van der Waals surface area (Å²) in [6.45, 7) is 1.85. The van der Waals surface area contributed by atoms with E-state index < -0.39 is 11.6 Å². The lowest BCUT2D eigenvalue weighted by atomic mass is 10.2. The summed E-state index contributed by atoms with van der Waals surface area (Å²) >= 11 is 1.03. The molecule has 0 bridgehead atoms. The Morgan fingerprint density at radius 2 is 2.00 bits per heavy atom. The summed E-state index contributed by atoms with van der Waals surface area (Å²) in [5, 5.41) is 7.64. The van der Waals surface area contributed by atoms with Crippen LogP contribution in [0.25, 0.3) is 10.6 Å². The van der Waals surface area contributed by atoms with Gasteiger partial charge in [-0.15, -0.1) is 11.3 Å². The van der Waals surface area contributed by atoms with Gasteiger partial charge in [0.2, 0.25) is 0 Å². The van der Waals surface area contributed by atoms with Crippen LogP contribution in [0.1, 0.15) is 17.5 Å². The molecule has 0 spiro atoms. The number of nitrogens with zero attached hydrogens (tertiary/aromatic N) is 1. The normalized spacial score (nSPS) is 10.6. The van der Waals surface area contributed by atoms with Crippen LogP contribution in [0, 0.1) is 17.0 Å². The molecule has 18 heavy (non-hydrogen) atoms. The van der Waals surface area contributed by atoms with Crippen molar-refractivity contribution >= 4 is 17.2 Å². The molecule has 3 nitrogen and oxygen atoms in total. The molecule has 94 valence electrons. The highest BCUT2D eigenvalue weighted by molar-refractivity contribution is 7.17. The summed E-state index contributed by atoms with van der Waals surface area (Å²) in [5.74, 6) is -1.46. The maximum absolute atomic E-state index is 13.6. The number of nitrogens with two attached hydrogens (primary N) is 1. The highest BCUT2D eigenvalue weighted by Crippen LogP contribution is 2.31. The predicted molar refractivity (Wildman–Crippen MR) is 67.9 cm³/mol. The molecule has 1 aromatic heterocycles. The molecule has 0 saturated carbocycles. The lowest BCUT2D eigenvalue weighted by Crippen LogP contribution is -2.11. The molecule has 2 aromatic rings. The first-order chi connectivity index (χ1) is 8.54. The van der Waals surface area contributed by atoms with Crippen LogP contribution in [0.3, 0.4) is 0 Å². The Labute approximate surface area is 107 Å². The van der Waals surface area contributed by atoms with Gasteiger partial charge in [0.05, 0.1) is 16.1 Å². The Kier molecular flexibility index (Phi) is 3.38. The van der Waals surface area contributed by atoms with Gasteiger partial charge in [-0.25, -0.2) is 13.8 Å². The van der Waals surface area contributed by atoms with Gasteiger partial charge in [0, 0.05) is 0 Å². The van der Waals surface area contributed by atoms with Crippen molar-refractivity contribution in [2.24, 2.45) is 5.73 Å². The van der Waals surface area contributed by atoms with Gasteiger partial charge in [-0.05, 0) is 18.6 Å². The second kappa shape index (κ2) is 4.81. The molecule has 0 saturated heterocycles. The standard InChI is InChI=1S/C12H11F2N3S/c1-2-8-10(11(15)16)18-12(17-8)9-6(13)4-3-5-7(9)14/h3-5H,2H2,1H3,(H3,15,16). The van der Waals surface area contributed by atoms with E-state index >= 15 is 0 Å². The van der Waals surface area contributed by atoms with Crippen LogP contribution in [-0.2, 0) is 6.42 Å². The van der Waals surface area contributed by atoms with Gasteiger partial charge < -0.3 is 5.73 Å². The molecule has 1 aromatic carbocycles. The van der Waals surface area contributed by atoms with Crippen LogP contribution in [0.5, 0.6) is 0 Å². The van der Waals surface area contributed by atoms with Crippen molar-refractivity contribution in [2.45, 2.75) is 13.3 Å². The molecule has 6 heteroatoms. The first-order valence-corrected chi connectivity index (χ1v) is 6.14. The zero-order valence-corrected chi connectivity index (χ0v) is 10.4. The van der Waals surface area contributed by atoms with Crippen LogP contribution in [0.15, 0.2) is 18.2 Å². The lowest BCUT2D eigenvalue weighted by molar-refractivity contribution is 0.589. The predicted octanol–water partition coefficient (Wildman–Crippen LogP) is 2.93. The summed E-state index contributed by atoms with van der Waals surface area (Å²) < 4.78 is 27.2. The maximum atomic E-state index is 13.6. The zero-order chi connectivity index (χ0) is 13.3. The minimum atomic E-state index is -0.665. The summed E-state index contributed by atoms with van der Waals surface area (Å²) in [4.78, 5) is 4.63. The number of nitrogen functional groups attached to an aromatic ring is 1. The van der Waals surface area contributed by atoms with E-state index in [1.807, 2.05) is 6.92 Å². The summed E-state index contributed by atoms with van der Waals surface area (Å²) in [6, 6.07) is 3.66. The van der Waals surface area contributed by atoms with Gasteiger partial charge in [0.1, 0.15) is 22.5 Å². The second-order valence-electron chi connectivity index (χ2n) is 3.66. The van der Waals surface area contributed by atoms with Crippen molar-refractivity contribution in [2.75, 3.05) is 0 Å². The number of nitrogens with one attached hydrogen (secondary N) is 1. The molecule has 3 N–H and O–H groups in total. The highest BCUT2D eigenvalue weighted by Gasteiger charge is 2.18. The SMILES string of the molecule is CCc1nc(-c2c(F)cccc2F)sc1C(=N)N. The molecule has 0 aliphatic heterocycles. The maximum Gasteiger partial charge on any atom is 0.136 e. The first kappa shape index (κ1) is 12.6. The largest absolute Gasteiger partial charge is 0.383 e. The number of aromatic nitrogens is 1. The van der Waals surface area contributed by atoms with Crippen molar-refractivity contribution in [3.8, 4) is 10.6 Å². The monoisotopic (exact) mass is 267 g/mol. The van der Waals surface area contributed by atoms with Crippen molar-refractivity contribution < 1.29 is 8.78 Å². The molecule has 0 aliphatic carbocycles. The number of benzene rings is 1. The minimum Gasteiger partial charge on any atom is -0.383 e. The quantitative estimate of drug-likeness (QED) is 0.663. The van der Waals surface area contributed by atoms with Crippen molar-refractivity contribution in [3.63, 3.8) is 0 Å². The van der Waals surface area contributed by atoms with Gasteiger partial charge in [0.15, 0.2) is 0 Å². The number of amidine groups is 1. The number of thiazole rings is 1. The van der Waals surface area contributed by atoms with E-state index in [1.165, 1.54) is 18.2 Å². The van der Waals surface area contributed by atoms with Crippen LogP contribution in [0.2, 0.25) is 0 Å². The molecule has 0 unspecified atom stereocenters. The topological polar surface area (TPSA) is 62.8 Å². The van der Waals surface area contributed by atoms with Gasteiger partial charge in [-0.3, -0.25) is 5.41 Å². The Morgan fingerprint density at radius 3 is 2.44 bits per heavy atom. The molecule has 0 amide bonds. The molecular formula is C12H11F2N3S. The molecule has 2 rings (SSSR count). The van der Waals surface area contributed by atoms with Gasteiger partial charge in [0.25, 0.3) is 0 Å². The van der Waals surface area contributed by atoms with E-state index in [1.54, 1.807) is 0 Å².